The van der Waals surface area contributed by atoms with Gasteiger partial charge in [-0.1, -0.05) is 19.0 Å². The molecule has 25 heavy (non-hydrogen) atoms. The van der Waals surface area contributed by atoms with E-state index in [0.29, 0.717) is 36.4 Å². The predicted octanol–water partition coefficient (Wildman–Crippen LogP) is 1.50. The zero-order valence-electron chi connectivity index (χ0n) is 15.1. The van der Waals surface area contributed by atoms with Gasteiger partial charge in [-0.25, -0.2) is 0 Å². The van der Waals surface area contributed by atoms with Crippen LogP contribution in [0.2, 0.25) is 0 Å². The van der Waals surface area contributed by atoms with Gasteiger partial charge in [0.2, 0.25) is 5.91 Å². The molecule has 0 aromatic carbocycles. The lowest BCUT2D eigenvalue weighted by molar-refractivity contribution is -0.145. The summed E-state index contributed by atoms with van der Waals surface area (Å²) in [6, 6.07) is 0. The maximum absolute atomic E-state index is 12.7. The number of aryl methyl sites for hydroxylation is 1. The molecule has 1 atom stereocenters. The highest BCUT2D eigenvalue weighted by Crippen LogP contribution is 2.23. The Morgan fingerprint density at radius 2 is 2.08 bits per heavy atom. The van der Waals surface area contributed by atoms with Gasteiger partial charge in [-0.15, -0.1) is 0 Å². The summed E-state index contributed by atoms with van der Waals surface area (Å²) in [5.41, 5.74) is 0.893. The topological polar surface area (TPSA) is 104 Å². The normalized spacial score (nSPS) is 17.6. The van der Waals surface area contributed by atoms with Crippen LogP contribution in [0, 0.1) is 12.8 Å². The molecule has 1 aliphatic rings. The Hall–Kier alpha value is -2.38. The first-order valence-corrected chi connectivity index (χ1v) is 8.44. The van der Waals surface area contributed by atoms with Gasteiger partial charge >= 0.3 is 5.97 Å². The predicted molar refractivity (Wildman–Crippen MR) is 89.2 cm³/mol. The van der Waals surface area contributed by atoms with E-state index in [1.807, 2.05) is 13.8 Å². The van der Waals surface area contributed by atoms with Crippen molar-refractivity contribution in [3.63, 3.8) is 0 Å². The van der Waals surface area contributed by atoms with Crippen molar-refractivity contribution in [3.05, 3.63) is 17.0 Å². The molecule has 1 N–H and O–H groups in total. The summed E-state index contributed by atoms with van der Waals surface area (Å²) in [5.74, 6) is -1.48. The molecule has 0 bridgehead atoms. The maximum atomic E-state index is 12.7. The fourth-order valence-corrected chi connectivity index (χ4v) is 3.01. The van der Waals surface area contributed by atoms with Crippen LogP contribution in [0.15, 0.2) is 4.52 Å². The zero-order chi connectivity index (χ0) is 18.7. The van der Waals surface area contributed by atoms with Gasteiger partial charge in [-0.3, -0.25) is 14.4 Å². The van der Waals surface area contributed by atoms with Crippen molar-refractivity contribution >= 4 is 17.8 Å². The van der Waals surface area contributed by atoms with Crippen LogP contribution in [0.25, 0.3) is 0 Å². The largest absolute Gasteiger partial charge is 0.481 e. The molecule has 1 aromatic heterocycles. The minimum atomic E-state index is -0.886. The van der Waals surface area contributed by atoms with E-state index in [-0.39, 0.29) is 30.8 Å². The minimum absolute atomic E-state index is 0.00247. The lowest BCUT2D eigenvalue weighted by Crippen LogP contribution is -2.47. The molecule has 2 rings (SSSR count). The number of carbonyl (C=O) groups is 3. The summed E-state index contributed by atoms with van der Waals surface area (Å²) < 4.78 is 5.23. The number of hydrogen-bond acceptors (Lipinski definition) is 5. The van der Waals surface area contributed by atoms with Crippen molar-refractivity contribution < 1.29 is 24.0 Å². The average molecular weight is 351 g/mol. The summed E-state index contributed by atoms with van der Waals surface area (Å²) in [6.45, 7) is 6.12. The maximum Gasteiger partial charge on any atom is 0.308 e. The first-order valence-electron chi connectivity index (χ1n) is 8.44. The third-order valence-corrected chi connectivity index (χ3v) is 4.47. The monoisotopic (exact) mass is 351 g/mol. The molecule has 1 fully saturated rings. The highest BCUT2D eigenvalue weighted by molar-refractivity contribution is 5.98. The van der Waals surface area contributed by atoms with E-state index >= 15 is 0 Å². The molecule has 0 spiro atoms. The smallest absolute Gasteiger partial charge is 0.308 e. The first kappa shape index (κ1) is 19.0. The van der Waals surface area contributed by atoms with Gasteiger partial charge in [0.15, 0.2) is 5.76 Å². The Labute approximate surface area is 146 Å². The molecule has 2 amide bonds. The van der Waals surface area contributed by atoms with Crippen LogP contribution in [-0.4, -0.2) is 64.5 Å². The molecule has 1 unspecified atom stereocenters. The number of hydrogen-bond donors (Lipinski definition) is 1. The number of aliphatic carboxylic acids is 1. The lowest BCUT2D eigenvalue weighted by Gasteiger charge is -2.32. The molecule has 8 heteroatoms. The number of piperidine rings is 1. The second-order valence-corrected chi connectivity index (χ2v) is 6.84. The van der Waals surface area contributed by atoms with E-state index < -0.39 is 11.9 Å². The summed E-state index contributed by atoms with van der Waals surface area (Å²) >= 11 is 0. The number of carbonyl (C=O) groups excluding carboxylic acids is 2. The van der Waals surface area contributed by atoms with E-state index in [4.69, 9.17) is 9.63 Å². The summed E-state index contributed by atoms with van der Waals surface area (Å²) in [4.78, 5) is 39.1. The van der Waals surface area contributed by atoms with Crippen molar-refractivity contribution in [2.24, 2.45) is 5.92 Å². The SMILES string of the molecule is Cc1noc(C(C)C)c1C(=O)N(C)CC(=O)N1CCCC(C(=O)O)C1. The van der Waals surface area contributed by atoms with E-state index in [2.05, 4.69) is 5.16 Å². The molecule has 0 saturated carbocycles. The molecule has 8 nitrogen and oxygen atoms in total. The van der Waals surface area contributed by atoms with Crippen LogP contribution in [0.1, 0.15) is 54.4 Å². The molecule has 138 valence electrons. The molecular weight excluding hydrogens is 326 g/mol. The standard InChI is InChI=1S/C17H25N3O5/c1-10(2)15-14(11(3)18-25-15)16(22)19(4)9-13(21)20-7-5-6-12(8-20)17(23)24/h10,12H,5-9H2,1-4H3,(H,23,24). The molecule has 1 saturated heterocycles. The van der Waals surface area contributed by atoms with E-state index in [1.165, 1.54) is 9.80 Å². The summed E-state index contributed by atoms with van der Waals surface area (Å²) in [6.07, 6.45) is 1.23. The summed E-state index contributed by atoms with van der Waals surface area (Å²) in [5, 5.41) is 13.0. The quantitative estimate of drug-likeness (QED) is 0.862. The van der Waals surface area contributed by atoms with Crippen molar-refractivity contribution in [2.75, 3.05) is 26.7 Å². The van der Waals surface area contributed by atoms with Gasteiger partial charge in [0.25, 0.3) is 5.91 Å². The third kappa shape index (κ3) is 4.18. The number of carboxylic acids is 1. The molecular formula is C17H25N3O5. The van der Waals surface area contributed by atoms with Crippen LogP contribution < -0.4 is 0 Å². The number of nitrogens with zero attached hydrogens (tertiary/aromatic N) is 3. The Morgan fingerprint density at radius 1 is 1.40 bits per heavy atom. The lowest BCUT2D eigenvalue weighted by atomic mass is 9.98. The van der Waals surface area contributed by atoms with E-state index in [1.54, 1.807) is 14.0 Å². The highest BCUT2D eigenvalue weighted by Gasteiger charge is 2.30. The Balaban J connectivity index is 2.05. The van der Waals surface area contributed by atoms with E-state index in [0.717, 1.165) is 0 Å². The van der Waals surface area contributed by atoms with Crippen molar-refractivity contribution in [2.45, 2.75) is 39.5 Å². The number of carboxylic acid groups (broad SMARTS) is 1. The van der Waals surface area contributed by atoms with Crippen LogP contribution in [0.3, 0.4) is 0 Å². The molecule has 2 heterocycles. The second kappa shape index (κ2) is 7.67. The molecule has 0 radical (unpaired) electrons. The number of likely N-dealkylation sites (tertiary alicyclic amines) is 1. The van der Waals surface area contributed by atoms with Crippen molar-refractivity contribution in [1.29, 1.82) is 0 Å². The Kier molecular flexibility index (Phi) is 5.81. The van der Waals surface area contributed by atoms with Gasteiger partial charge in [0, 0.05) is 26.1 Å². The molecule has 0 aliphatic carbocycles. The third-order valence-electron chi connectivity index (χ3n) is 4.47. The highest BCUT2D eigenvalue weighted by atomic mass is 16.5. The number of amides is 2. The fourth-order valence-electron chi connectivity index (χ4n) is 3.01. The van der Waals surface area contributed by atoms with E-state index in [9.17, 15) is 14.4 Å². The molecule has 1 aromatic rings. The van der Waals surface area contributed by atoms with Crippen molar-refractivity contribution in [1.82, 2.24) is 15.0 Å². The minimum Gasteiger partial charge on any atom is -0.481 e. The Bertz CT molecular complexity index is 667. The van der Waals surface area contributed by atoms with Crippen LogP contribution >= 0.6 is 0 Å². The Morgan fingerprint density at radius 3 is 2.68 bits per heavy atom. The number of aromatic nitrogens is 1. The van der Waals surface area contributed by atoms with Gasteiger partial charge in [-0.2, -0.15) is 0 Å². The van der Waals surface area contributed by atoms with Gasteiger partial charge in [0.05, 0.1) is 18.2 Å². The first-order chi connectivity index (χ1) is 11.7. The summed E-state index contributed by atoms with van der Waals surface area (Å²) in [7, 11) is 1.55. The average Bonchev–Trinajstić information content (AvgIpc) is 2.95. The fraction of sp³-hybridized carbons (Fsp3) is 0.647. The second-order valence-electron chi connectivity index (χ2n) is 6.84. The van der Waals surface area contributed by atoms with Crippen molar-refractivity contribution in [3.8, 4) is 0 Å². The van der Waals surface area contributed by atoms with Crippen LogP contribution in [0.4, 0.5) is 0 Å². The van der Waals surface area contributed by atoms with Gasteiger partial charge < -0.3 is 19.4 Å². The number of rotatable bonds is 5. The van der Waals surface area contributed by atoms with Crippen LogP contribution in [0.5, 0.6) is 0 Å². The van der Waals surface area contributed by atoms with Gasteiger partial charge in [-0.05, 0) is 19.8 Å². The number of likely N-dealkylation sites (N-methyl/N-ethyl adjacent to an activating group) is 1. The van der Waals surface area contributed by atoms with Crippen LogP contribution in [-0.2, 0) is 9.59 Å². The zero-order valence-corrected chi connectivity index (χ0v) is 15.1. The molecule has 1 aliphatic heterocycles. The van der Waals surface area contributed by atoms with Gasteiger partial charge in [0.1, 0.15) is 5.56 Å².